The van der Waals surface area contributed by atoms with Crippen LogP contribution in [0.4, 0.5) is 0 Å². The second kappa shape index (κ2) is 5.76. The zero-order valence-electron chi connectivity index (χ0n) is 13.1. The molecule has 1 saturated heterocycles. The van der Waals surface area contributed by atoms with Gasteiger partial charge in [-0.25, -0.2) is 4.79 Å². The van der Waals surface area contributed by atoms with Crippen LogP contribution in [0.5, 0.6) is 0 Å². The van der Waals surface area contributed by atoms with Crippen LogP contribution in [-0.2, 0) is 19.1 Å². The van der Waals surface area contributed by atoms with Crippen molar-refractivity contribution >= 4 is 11.9 Å². The van der Waals surface area contributed by atoms with E-state index in [0.717, 1.165) is 0 Å². The standard InChI is InChI=1S/C17H22O6/c1-7-10-4-14(20)12(6-22-9(3)18)15(10)16-11(5-13(7)19)8(2)17(21)23-16/h10-16,19-20H,1-2,4-6H2,3H3. The second-order valence-electron chi connectivity index (χ2n) is 6.78. The summed E-state index contributed by atoms with van der Waals surface area (Å²) < 4.78 is 10.6. The molecule has 7 unspecified atom stereocenters. The molecule has 2 N–H and O–H groups in total. The van der Waals surface area contributed by atoms with Gasteiger partial charge in [0.05, 0.1) is 18.8 Å². The van der Waals surface area contributed by atoms with Gasteiger partial charge < -0.3 is 19.7 Å². The predicted octanol–water partition coefficient (Wildman–Crippen LogP) is 0.581. The van der Waals surface area contributed by atoms with Crippen LogP contribution in [0.25, 0.3) is 0 Å². The molecule has 0 spiro atoms. The Hall–Kier alpha value is -1.66. The fraction of sp³-hybridized carbons (Fsp3) is 0.647. The van der Waals surface area contributed by atoms with Gasteiger partial charge in [-0.05, 0) is 24.3 Å². The minimum Gasteiger partial charge on any atom is -0.465 e. The molecule has 0 amide bonds. The van der Waals surface area contributed by atoms with E-state index < -0.39 is 30.3 Å². The fourth-order valence-corrected chi connectivity index (χ4v) is 4.35. The van der Waals surface area contributed by atoms with E-state index in [2.05, 4.69) is 13.2 Å². The maximum absolute atomic E-state index is 11.9. The number of esters is 2. The molecule has 0 aromatic carbocycles. The third-order valence-corrected chi connectivity index (χ3v) is 5.54. The highest BCUT2D eigenvalue weighted by atomic mass is 16.6. The van der Waals surface area contributed by atoms with Crippen molar-refractivity contribution in [2.75, 3.05) is 6.61 Å². The molecule has 126 valence electrons. The van der Waals surface area contributed by atoms with Gasteiger partial charge in [0, 0.05) is 30.3 Å². The van der Waals surface area contributed by atoms with Crippen LogP contribution in [0.3, 0.4) is 0 Å². The molecule has 3 fully saturated rings. The van der Waals surface area contributed by atoms with Gasteiger partial charge in [0.15, 0.2) is 0 Å². The van der Waals surface area contributed by atoms with E-state index in [1.54, 1.807) is 0 Å². The first-order valence-electron chi connectivity index (χ1n) is 7.89. The first kappa shape index (κ1) is 16.2. The minimum absolute atomic E-state index is 0.0638. The van der Waals surface area contributed by atoms with Crippen LogP contribution in [-0.4, -0.2) is 47.1 Å². The van der Waals surface area contributed by atoms with Crippen LogP contribution < -0.4 is 0 Å². The Morgan fingerprint density at radius 1 is 1.30 bits per heavy atom. The fourth-order valence-electron chi connectivity index (χ4n) is 4.35. The third kappa shape index (κ3) is 2.60. The van der Waals surface area contributed by atoms with Crippen LogP contribution >= 0.6 is 0 Å². The Kier molecular flexibility index (Phi) is 4.06. The molecule has 7 atom stereocenters. The summed E-state index contributed by atoms with van der Waals surface area (Å²) in [7, 11) is 0. The van der Waals surface area contributed by atoms with E-state index in [1.165, 1.54) is 6.92 Å². The van der Waals surface area contributed by atoms with Gasteiger partial charge in [0.25, 0.3) is 0 Å². The number of hydrogen-bond acceptors (Lipinski definition) is 6. The predicted molar refractivity (Wildman–Crippen MR) is 80.0 cm³/mol. The smallest absolute Gasteiger partial charge is 0.334 e. The van der Waals surface area contributed by atoms with E-state index in [9.17, 15) is 19.8 Å². The molecule has 1 aliphatic heterocycles. The monoisotopic (exact) mass is 322 g/mol. The first-order valence-corrected chi connectivity index (χ1v) is 7.89. The summed E-state index contributed by atoms with van der Waals surface area (Å²) >= 11 is 0. The van der Waals surface area contributed by atoms with Gasteiger partial charge in [0.2, 0.25) is 0 Å². The third-order valence-electron chi connectivity index (χ3n) is 5.54. The Morgan fingerprint density at radius 2 is 2.00 bits per heavy atom. The maximum atomic E-state index is 11.9. The normalized spacial score (nSPS) is 42.7. The highest BCUT2D eigenvalue weighted by Gasteiger charge is 2.57. The minimum atomic E-state index is -0.761. The summed E-state index contributed by atoms with van der Waals surface area (Å²) in [6, 6.07) is 0. The quantitative estimate of drug-likeness (QED) is 0.439. The van der Waals surface area contributed by atoms with Crippen LogP contribution in [0.1, 0.15) is 19.8 Å². The highest BCUT2D eigenvalue weighted by Crippen LogP contribution is 2.52. The zero-order chi connectivity index (χ0) is 16.9. The molecule has 6 heteroatoms. The van der Waals surface area contributed by atoms with Gasteiger partial charge in [-0.2, -0.15) is 0 Å². The first-order chi connectivity index (χ1) is 10.8. The molecular formula is C17H22O6. The van der Waals surface area contributed by atoms with E-state index in [0.29, 0.717) is 24.0 Å². The van der Waals surface area contributed by atoms with Crippen molar-refractivity contribution in [2.24, 2.45) is 23.7 Å². The molecule has 3 rings (SSSR count). The molecule has 0 radical (unpaired) electrons. The van der Waals surface area contributed by atoms with Crippen LogP contribution in [0, 0.1) is 23.7 Å². The van der Waals surface area contributed by atoms with E-state index in [1.807, 2.05) is 0 Å². The second-order valence-corrected chi connectivity index (χ2v) is 6.78. The molecular weight excluding hydrogens is 300 g/mol. The zero-order valence-corrected chi connectivity index (χ0v) is 13.1. The molecule has 1 heterocycles. The topological polar surface area (TPSA) is 93.1 Å². The number of fused-ring (bicyclic) bond motifs is 3. The number of aliphatic hydroxyl groups excluding tert-OH is 2. The van der Waals surface area contributed by atoms with Crippen molar-refractivity contribution in [2.45, 2.75) is 38.1 Å². The number of carbonyl (C=O) groups is 2. The molecule has 3 aliphatic rings. The van der Waals surface area contributed by atoms with Crippen molar-refractivity contribution in [3.63, 3.8) is 0 Å². The summed E-state index contributed by atoms with van der Waals surface area (Å²) in [4.78, 5) is 23.0. The molecule has 0 aromatic heterocycles. The number of hydrogen-bond donors (Lipinski definition) is 2. The Morgan fingerprint density at radius 3 is 2.65 bits per heavy atom. The number of aliphatic hydroxyl groups is 2. The Labute approximate surface area is 134 Å². The summed E-state index contributed by atoms with van der Waals surface area (Å²) in [6.07, 6.45) is -1.16. The molecule has 0 bridgehead atoms. The van der Waals surface area contributed by atoms with E-state index in [4.69, 9.17) is 9.47 Å². The van der Waals surface area contributed by atoms with Crippen molar-refractivity contribution in [3.8, 4) is 0 Å². The summed E-state index contributed by atoms with van der Waals surface area (Å²) in [5, 5.41) is 20.8. The van der Waals surface area contributed by atoms with Crippen LogP contribution in [0.15, 0.2) is 24.3 Å². The summed E-state index contributed by atoms with van der Waals surface area (Å²) in [6.45, 7) is 9.16. The lowest BCUT2D eigenvalue weighted by molar-refractivity contribution is -0.148. The van der Waals surface area contributed by atoms with Gasteiger partial charge in [-0.15, -0.1) is 0 Å². The summed E-state index contributed by atoms with van der Waals surface area (Å²) in [5.74, 6) is -1.92. The van der Waals surface area contributed by atoms with Crippen molar-refractivity contribution in [3.05, 3.63) is 24.3 Å². The Bertz CT molecular complexity index is 567. The Balaban J connectivity index is 1.94. The molecule has 2 saturated carbocycles. The highest BCUT2D eigenvalue weighted by molar-refractivity contribution is 5.90. The summed E-state index contributed by atoms with van der Waals surface area (Å²) in [5.41, 5.74) is 1.01. The van der Waals surface area contributed by atoms with Gasteiger partial charge in [-0.1, -0.05) is 13.2 Å². The van der Waals surface area contributed by atoms with Gasteiger partial charge in [-0.3, -0.25) is 4.79 Å². The number of carbonyl (C=O) groups excluding carboxylic acids is 2. The average Bonchev–Trinajstić information content (AvgIpc) is 2.92. The number of ether oxygens (including phenoxy) is 2. The SMILES string of the molecule is C=C1C(=O)OC2C1CC(O)C(=C)C1CC(O)C(COC(C)=O)C12. The lowest BCUT2D eigenvalue weighted by atomic mass is 9.79. The van der Waals surface area contributed by atoms with E-state index >= 15 is 0 Å². The maximum Gasteiger partial charge on any atom is 0.334 e. The average molecular weight is 322 g/mol. The molecule has 0 aromatic rings. The van der Waals surface area contributed by atoms with E-state index in [-0.39, 0.29) is 30.3 Å². The molecule has 6 nitrogen and oxygen atoms in total. The van der Waals surface area contributed by atoms with Gasteiger partial charge >= 0.3 is 11.9 Å². The molecule has 23 heavy (non-hydrogen) atoms. The largest absolute Gasteiger partial charge is 0.465 e. The lowest BCUT2D eigenvalue weighted by Crippen LogP contribution is -2.36. The van der Waals surface area contributed by atoms with Crippen molar-refractivity contribution in [1.29, 1.82) is 0 Å². The van der Waals surface area contributed by atoms with Gasteiger partial charge in [0.1, 0.15) is 6.10 Å². The van der Waals surface area contributed by atoms with Crippen molar-refractivity contribution in [1.82, 2.24) is 0 Å². The van der Waals surface area contributed by atoms with Crippen molar-refractivity contribution < 1.29 is 29.3 Å². The lowest BCUT2D eigenvalue weighted by Gasteiger charge is -2.30. The van der Waals surface area contributed by atoms with Crippen LogP contribution in [0.2, 0.25) is 0 Å². The molecule has 2 aliphatic carbocycles. The number of rotatable bonds is 2.